The molecular weight excluding hydrogens is 217 g/mol. The predicted molar refractivity (Wildman–Crippen MR) is 60.3 cm³/mol. The van der Waals surface area contributed by atoms with Gasteiger partial charge in [-0.3, -0.25) is 18.8 Å². The molecule has 0 saturated carbocycles. The van der Waals surface area contributed by atoms with Crippen molar-refractivity contribution in [3.8, 4) is 0 Å². The topological polar surface area (TPSA) is 68.0 Å². The number of nitrogens with zero attached hydrogens (tertiary/aromatic N) is 2. The highest BCUT2D eigenvalue weighted by Gasteiger charge is 2.26. The Morgan fingerprint density at radius 1 is 1.00 bits per heavy atom. The van der Waals surface area contributed by atoms with Gasteiger partial charge in [0.1, 0.15) is 12.5 Å². The summed E-state index contributed by atoms with van der Waals surface area (Å²) >= 11 is 0. The van der Waals surface area contributed by atoms with Gasteiger partial charge >= 0.3 is 7.75 Å². The summed E-state index contributed by atoms with van der Waals surface area (Å²) in [5.41, 5.74) is 5.45. The molecule has 6 nitrogen and oxygen atoms in total. The fraction of sp³-hybridized carbons (Fsp3) is 1.00. The monoisotopic (exact) mass is 239 g/mol. The Bertz CT molecular complexity index is 215. The van der Waals surface area contributed by atoms with Gasteiger partial charge in [-0.2, -0.15) is 0 Å². The van der Waals surface area contributed by atoms with Gasteiger partial charge in [0.2, 0.25) is 0 Å². The Labute approximate surface area is 91.9 Å². The molecular formula is C8H22N3O3P. The zero-order valence-electron chi connectivity index (χ0n) is 10.3. The smallest absolute Gasteiger partial charge is 0.284 e. The lowest BCUT2D eigenvalue weighted by Gasteiger charge is -2.27. The normalized spacial score (nSPS) is 20.3. The Morgan fingerprint density at radius 3 is 1.47 bits per heavy atom. The van der Waals surface area contributed by atoms with Crippen LogP contribution in [-0.4, -0.2) is 50.4 Å². The van der Waals surface area contributed by atoms with E-state index < -0.39 is 7.75 Å². The summed E-state index contributed by atoms with van der Waals surface area (Å²) in [6, 6.07) is 0. The van der Waals surface area contributed by atoms with Crippen molar-refractivity contribution in [2.45, 2.75) is 26.3 Å². The molecule has 0 aromatic heterocycles. The average molecular weight is 239 g/mol. The van der Waals surface area contributed by atoms with Gasteiger partial charge in [0.15, 0.2) is 0 Å². The third-order valence-electron chi connectivity index (χ3n) is 2.05. The molecule has 0 spiro atoms. The molecule has 0 aromatic rings. The van der Waals surface area contributed by atoms with Gasteiger partial charge in [-0.15, -0.1) is 0 Å². The highest BCUT2D eigenvalue weighted by Crippen LogP contribution is 2.42. The zero-order valence-corrected chi connectivity index (χ0v) is 11.2. The first-order valence-electron chi connectivity index (χ1n) is 4.74. The lowest BCUT2D eigenvalue weighted by Crippen LogP contribution is -2.31. The largest absolute Gasteiger partial charge is 0.405 e. The van der Waals surface area contributed by atoms with Crippen molar-refractivity contribution in [1.82, 2.24) is 9.80 Å². The van der Waals surface area contributed by atoms with E-state index in [9.17, 15) is 4.57 Å². The van der Waals surface area contributed by atoms with Crippen LogP contribution in [0.15, 0.2) is 0 Å². The average Bonchev–Trinajstić information content (AvgIpc) is 2.01. The zero-order chi connectivity index (χ0) is 12.2. The first-order chi connectivity index (χ1) is 6.65. The molecule has 0 rings (SSSR count). The molecule has 2 atom stereocenters. The van der Waals surface area contributed by atoms with Crippen molar-refractivity contribution in [3.63, 3.8) is 0 Å². The Hall–Kier alpha value is 0.0300. The molecule has 0 aliphatic carbocycles. The van der Waals surface area contributed by atoms with Gasteiger partial charge in [0, 0.05) is 0 Å². The maximum absolute atomic E-state index is 11.7. The first kappa shape index (κ1) is 15.0. The van der Waals surface area contributed by atoms with Crippen molar-refractivity contribution in [2.75, 3.05) is 28.2 Å². The van der Waals surface area contributed by atoms with Crippen LogP contribution >= 0.6 is 7.75 Å². The Balaban J connectivity index is 4.25. The summed E-state index contributed by atoms with van der Waals surface area (Å²) in [5, 5.41) is 0. The van der Waals surface area contributed by atoms with E-state index in [1.807, 2.05) is 0 Å². The SMILES string of the molecule is CC(OP(N)(=O)OC(C)N(C)C)N(C)C. The van der Waals surface area contributed by atoms with E-state index in [0.29, 0.717) is 0 Å². The fourth-order valence-corrected chi connectivity index (χ4v) is 1.92. The second-order valence-corrected chi connectivity index (χ2v) is 5.38. The van der Waals surface area contributed by atoms with Crippen molar-refractivity contribution in [1.29, 1.82) is 0 Å². The van der Waals surface area contributed by atoms with Crippen molar-refractivity contribution in [2.24, 2.45) is 5.50 Å². The third-order valence-corrected chi connectivity index (χ3v) is 3.25. The van der Waals surface area contributed by atoms with E-state index in [1.165, 1.54) is 0 Å². The number of hydrogen-bond donors (Lipinski definition) is 1. The summed E-state index contributed by atoms with van der Waals surface area (Å²) in [7, 11) is 3.73. The molecule has 7 heteroatoms. The molecule has 0 aromatic carbocycles. The number of nitrogens with two attached hydrogens (primary N) is 1. The molecule has 0 bridgehead atoms. The first-order valence-corrected chi connectivity index (χ1v) is 6.35. The molecule has 0 aliphatic rings. The molecule has 0 radical (unpaired) electrons. The highest BCUT2D eigenvalue weighted by atomic mass is 31.2. The van der Waals surface area contributed by atoms with Gasteiger partial charge in [0.25, 0.3) is 0 Å². The van der Waals surface area contributed by atoms with E-state index in [0.717, 1.165) is 0 Å². The summed E-state index contributed by atoms with van der Waals surface area (Å²) in [6.45, 7) is 3.51. The van der Waals surface area contributed by atoms with E-state index in [2.05, 4.69) is 0 Å². The summed E-state index contributed by atoms with van der Waals surface area (Å²) in [5.74, 6) is 0. The quantitative estimate of drug-likeness (QED) is 0.548. The van der Waals surface area contributed by atoms with Crippen molar-refractivity contribution in [3.05, 3.63) is 0 Å². The Morgan fingerprint density at radius 2 is 1.27 bits per heavy atom. The molecule has 92 valence electrons. The number of rotatable bonds is 6. The lowest BCUT2D eigenvalue weighted by atomic mass is 10.6. The number of hydrogen-bond acceptors (Lipinski definition) is 5. The minimum Gasteiger partial charge on any atom is -0.284 e. The Kier molecular flexibility index (Phi) is 5.95. The van der Waals surface area contributed by atoms with Gasteiger partial charge in [0.05, 0.1) is 0 Å². The minimum atomic E-state index is -3.50. The van der Waals surface area contributed by atoms with Gasteiger partial charge < -0.3 is 0 Å². The standard InChI is InChI=1S/C8H22N3O3P/c1-7(10(3)4)13-15(9,12)14-8(2)11(5)6/h7-8H,1-6H3,(H2,9,12). The molecule has 0 heterocycles. The molecule has 2 N–H and O–H groups in total. The molecule has 2 unspecified atom stereocenters. The van der Waals surface area contributed by atoms with Crippen LogP contribution in [0.2, 0.25) is 0 Å². The summed E-state index contributed by atoms with van der Waals surface area (Å²) in [6.07, 6.45) is -0.703. The van der Waals surface area contributed by atoms with Crippen LogP contribution in [0.3, 0.4) is 0 Å². The van der Waals surface area contributed by atoms with Crippen LogP contribution in [-0.2, 0) is 13.6 Å². The summed E-state index contributed by atoms with van der Waals surface area (Å²) < 4.78 is 22.0. The van der Waals surface area contributed by atoms with Crippen LogP contribution < -0.4 is 5.50 Å². The van der Waals surface area contributed by atoms with Crippen LogP contribution in [0.4, 0.5) is 0 Å². The minimum absolute atomic E-state index is 0.352. The summed E-state index contributed by atoms with van der Waals surface area (Å²) in [4.78, 5) is 3.51. The van der Waals surface area contributed by atoms with Crippen LogP contribution in [0.5, 0.6) is 0 Å². The van der Waals surface area contributed by atoms with Gasteiger partial charge in [-0.1, -0.05) is 0 Å². The van der Waals surface area contributed by atoms with Crippen molar-refractivity contribution < 1.29 is 13.6 Å². The molecule has 0 aliphatic heterocycles. The van der Waals surface area contributed by atoms with Crippen LogP contribution in [0.1, 0.15) is 13.8 Å². The van der Waals surface area contributed by atoms with Gasteiger partial charge in [-0.05, 0) is 42.0 Å². The van der Waals surface area contributed by atoms with E-state index in [4.69, 9.17) is 14.6 Å². The molecule has 0 fully saturated rings. The van der Waals surface area contributed by atoms with E-state index in [1.54, 1.807) is 51.8 Å². The van der Waals surface area contributed by atoms with Crippen molar-refractivity contribution >= 4 is 7.75 Å². The fourth-order valence-electron chi connectivity index (χ4n) is 0.639. The van der Waals surface area contributed by atoms with Crippen LogP contribution in [0, 0.1) is 0 Å². The lowest BCUT2D eigenvalue weighted by molar-refractivity contribution is 0.0189. The predicted octanol–water partition coefficient (Wildman–Crippen LogP) is 0.902. The molecule has 15 heavy (non-hydrogen) atoms. The van der Waals surface area contributed by atoms with Crippen LogP contribution in [0.25, 0.3) is 0 Å². The van der Waals surface area contributed by atoms with Gasteiger partial charge in [-0.25, -0.2) is 10.1 Å². The molecule has 0 amide bonds. The third kappa shape index (κ3) is 6.25. The molecule has 0 saturated heterocycles. The second-order valence-electron chi connectivity index (χ2n) is 3.88. The maximum atomic E-state index is 11.7. The van der Waals surface area contributed by atoms with E-state index in [-0.39, 0.29) is 12.5 Å². The second kappa shape index (κ2) is 5.94. The highest BCUT2D eigenvalue weighted by molar-refractivity contribution is 7.51. The van der Waals surface area contributed by atoms with E-state index >= 15 is 0 Å². The maximum Gasteiger partial charge on any atom is 0.405 e.